The van der Waals surface area contributed by atoms with Gasteiger partial charge in [0.15, 0.2) is 5.78 Å². The fourth-order valence-electron chi connectivity index (χ4n) is 6.68. The lowest BCUT2D eigenvalue weighted by Gasteiger charge is -2.44. The number of aromatic nitrogens is 1. The largest absolute Gasteiger partial charge is 0.383 e. The molecule has 182 valence electrons. The number of Topliss-reactive ketones (excluding diaryl/α,β-unsaturated/α-hetero) is 1. The zero-order valence-electron chi connectivity index (χ0n) is 21.0. The van der Waals surface area contributed by atoms with Crippen LogP contribution in [0.25, 0.3) is 10.9 Å². The predicted octanol–water partition coefficient (Wildman–Crippen LogP) is 3.07. The molecule has 7 heteroatoms. The smallest absolute Gasteiger partial charge is 0.251 e. The molecular weight excluding hydrogens is 428 g/mol. The van der Waals surface area contributed by atoms with Gasteiger partial charge in [-0.2, -0.15) is 0 Å². The molecule has 0 N–H and O–H groups in total. The fourth-order valence-corrected chi connectivity index (χ4v) is 6.68. The summed E-state index contributed by atoms with van der Waals surface area (Å²) in [5.74, 6) is 0.220. The van der Waals surface area contributed by atoms with Crippen molar-refractivity contribution < 1.29 is 14.3 Å². The molecular formula is C27H36N4O3. The van der Waals surface area contributed by atoms with E-state index in [1.54, 1.807) is 7.11 Å². The lowest BCUT2D eigenvalue weighted by Crippen LogP contribution is -2.47. The molecule has 1 aliphatic carbocycles. The second-order valence-electron chi connectivity index (χ2n) is 10.4. The normalized spacial score (nSPS) is 26.8. The van der Waals surface area contributed by atoms with Gasteiger partial charge in [-0.15, -0.1) is 0 Å². The Kier molecular flexibility index (Phi) is 6.02. The summed E-state index contributed by atoms with van der Waals surface area (Å²) in [5, 5.41) is 1.14. The van der Waals surface area contributed by atoms with E-state index in [2.05, 4.69) is 47.6 Å². The zero-order valence-corrected chi connectivity index (χ0v) is 21.0. The Morgan fingerprint density at radius 3 is 2.71 bits per heavy atom. The van der Waals surface area contributed by atoms with Crippen LogP contribution in [0.3, 0.4) is 0 Å². The molecule has 2 bridgehead atoms. The monoisotopic (exact) mass is 464 g/mol. The van der Waals surface area contributed by atoms with Crippen LogP contribution in [0, 0.1) is 11.8 Å². The van der Waals surface area contributed by atoms with E-state index >= 15 is 0 Å². The van der Waals surface area contributed by atoms with Crippen molar-refractivity contribution in [1.82, 2.24) is 19.3 Å². The number of ether oxygens (including phenoxy) is 1. The first-order valence-electron chi connectivity index (χ1n) is 12.3. The van der Waals surface area contributed by atoms with Gasteiger partial charge in [-0.3, -0.25) is 9.59 Å². The number of para-hydroxylation sites is 1. The lowest BCUT2D eigenvalue weighted by molar-refractivity contribution is -0.130. The van der Waals surface area contributed by atoms with Crippen molar-refractivity contribution in [3.8, 4) is 0 Å². The third-order valence-corrected chi connectivity index (χ3v) is 8.03. The van der Waals surface area contributed by atoms with Gasteiger partial charge >= 0.3 is 0 Å². The summed E-state index contributed by atoms with van der Waals surface area (Å²) in [7, 11) is 9.90. The second-order valence-corrected chi connectivity index (χ2v) is 10.4. The van der Waals surface area contributed by atoms with Crippen LogP contribution < -0.4 is 0 Å². The number of rotatable bonds is 5. The number of ketones is 1. The summed E-state index contributed by atoms with van der Waals surface area (Å²) in [6, 6.07) is 8.44. The van der Waals surface area contributed by atoms with Gasteiger partial charge in [0.1, 0.15) is 0 Å². The van der Waals surface area contributed by atoms with Crippen LogP contribution >= 0.6 is 0 Å². The highest BCUT2D eigenvalue weighted by molar-refractivity contribution is 6.05. The Bertz CT molecular complexity index is 1150. The first-order chi connectivity index (χ1) is 16.3. The van der Waals surface area contributed by atoms with Gasteiger partial charge in [0.05, 0.1) is 24.4 Å². The van der Waals surface area contributed by atoms with E-state index in [1.807, 2.05) is 30.3 Å². The number of hydrogen-bond donors (Lipinski definition) is 0. The molecule has 2 aliphatic heterocycles. The van der Waals surface area contributed by atoms with Crippen molar-refractivity contribution in [3.05, 3.63) is 47.3 Å². The van der Waals surface area contributed by atoms with Crippen LogP contribution in [-0.4, -0.2) is 84.9 Å². The van der Waals surface area contributed by atoms with Crippen LogP contribution in [0.15, 0.2) is 36.0 Å². The summed E-state index contributed by atoms with van der Waals surface area (Å²) in [6.07, 6.45) is 4.36. The molecule has 1 aromatic heterocycles. The van der Waals surface area contributed by atoms with Crippen molar-refractivity contribution in [2.45, 2.75) is 31.3 Å². The van der Waals surface area contributed by atoms with E-state index in [0.717, 1.165) is 53.7 Å². The Morgan fingerprint density at radius 2 is 1.97 bits per heavy atom. The van der Waals surface area contributed by atoms with Crippen molar-refractivity contribution in [2.24, 2.45) is 18.9 Å². The standard InChI is InChI=1S/C27H36N4O3/c1-28(2)14-20-19-13-23(32)26-24(18-10-6-7-11-22(18)30(26)4)25(20)29(3)15-21(19)27(33)31-12-8-9-17(31)16-34-5/h6-7,10-11,15,17,19-20,25H,8-9,12-14,16H2,1-5H3/t17-,19+,20-,25+/m0/s1. The summed E-state index contributed by atoms with van der Waals surface area (Å²) in [5.41, 5.74) is 3.77. The molecule has 4 atom stereocenters. The van der Waals surface area contributed by atoms with E-state index < -0.39 is 0 Å². The number of aryl methyl sites for hydroxylation is 1. The molecule has 0 saturated carbocycles. The molecule has 1 amide bonds. The van der Waals surface area contributed by atoms with Crippen molar-refractivity contribution in [1.29, 1.82) is 0 Å². The Balaban J connectivity index is 1.64. The number of methoxy groups -OCH3 is 1. The number of carbonyl (C=O) groups is 2. The maximum atomic E-state index is 13.9. The van der Waals surface area contributed by atoms with Gasteiger partial charge in [-0.25, -0.2) is 0 Å². The summed E-state index contributed by atoms with van der Waals surface area (Å²) < 4.78 is 7.47. The Labute approximate surface area is 201 Å². The van der Waals surface area contributed by atoms with Gasteiger partial charge in [0.2, 0.25) is 0 Å². The number of likely N-dealkylation sites (tertiary alicyclic amines) is 1. The van der Waals surface area contributed by atoms with Crippen molar-refractivity contribution in [2.75, 3.05) is 47.9 Å². The average molecular weight is 465 g/mol. The Hall–Kier alpha value is -2.64. The van der Waals surface area contributed by atoms with E-state index in [4.69, 9.17) is 4.74 Å². The number of benzene rings is 1. The number of carbonyl (C=O) groups excluding carboxylic acids is 2. The Morgan fingerprint density at radius 1 is 1.21 bits per heavy atom. The van der Waals surface area contributed by atoms with Gasteiger partial charge in [-0.05, 0) is 33.0 Å². The number of nitrogens with zero attached hydrogens (tertiary/aromatic N) is 4. The molecule has 1 aromatic carbocycles. The van der Waals surface area contributed by atoms with Crippen LogP contribution in [0.2, 0.25) is 0 Å². The molecule has 1 saturated heterocycles. The highest BCUT2D eigenvalue weighted by atomic mass is 16.5. The molecule has 0 radical (unpaired) electrons. The first kappa shape index (κ1) is 23.1. The van der Waals surface area contributed by atoms with Crippen LogP contribution in [-0.2, 0) is 16.6 Å². The van der Waals surface area contributed by atoms with E-state index in [9.17, 15) is 9.59 Å². The zero-order chi connectivity index (χ0) is 24.1. The third-order valence-electron chi connectivity index (χ3n) is 8.03. The van der Waals surface area contributed by atoms with Crippen LogP contribution in [0.5, 0.6) is 0 Å². The molecule has 34 heavy (non-hydrogen) atoms. The molecule has 3 heterocycles. The van der Waals surface area contributed by atoms with Crippen molar-refractivity contribution in [3.63, 3.8) is 0 Å². The highest BCUT2D eigenvalue weighted by Gasteiger charge is 2.48. The SMILES string of the molecule is COC[C@@H]1CCCN1C(=O)C1=CN(C)[C@H]2c3c(n(C)c4ccccc34)C(=O)C[C@@H]1[C@@H]2CN(C)C. The fraction of sp³-hybridized carbons (Fsp3) is 0.556. The number of hydrogen-bond acceptors (Lipinski definition) is 5. The lowest BCUT2D eigenvalue weighted by atomic mass is 9.75. The van der Waals surface area contributed by atoms with Gasteiger partial charge in [0, 0.05) is 80.8 Å². The van der Waals surface area contributed by atoms with Crippen LogP contribution in [0.1, 0.15) is 41.4 Å². The topological polar surface area (TPSA) is 58.0 Å². The van der Waals surface area contributed by atoms with Crippen LogP contribution in [0.4, 0.5) is 0 Å². The summed E-state index contributed by atoms with van der Waals surface area (Å²) >= 11 is 0. The molecule has 5 rings (SSSR count). The molecule has 7 nitrogen and oxygen atoms in total. The average Bonchev–Trinajstić information content (AvgIpc) is 3.35. The van der Waals surface area contributed by atoms with Gasteiger partial charge in [-0.1, -0.05) is 18.2 Å². The van der Waals surface area contributed by atoms with Crippen molar-refractivity contribution >= 4 is 22.6 Å². The highest BCUT2D eigenvalue weighted by Crippen LogP contribution is 2.49. The van der Waals surface area contributed by atoms with Gasteiger partial charge in [0.25, 0.3) is 5.91 Å². The molecule has 1 fully saturated rings. The maximum absolute atomic E-state index is 13.9. The minimum Gasteiger partial charge on any atom is -0.383 e. The summed E-state index contributed by atoms with van der Waals surface area (Å²) in [4.78, 5) is 34.1. The third kappa shape index (κ3) is 3.57. The molecule has 3 aliphatic rings. The summed E-state index contributed by atoms with van der Waals surface area (Å²) in [6.45, 7) is 2.11. The number of amides is 1. The minimum absolute atomic E-state index is 0.0323. The quantitative estimate of drug-likeness (QED) is 0.681. The minimum atomic E-state index is -0.112. The predicted molar refractivity (Wildman–Crippen MR) is 133 cm³/mol. The molecule has 2 aromatic rings. The molecule has 0 unspecified atom stereocenters. The van der Waals surface area contributed by atoms with E-state index in [0.29, 0.717) is 13.0 Å². The van der Waals surface area contributed by atoms with E-state index in [1.165, 1.54) is 0 Å². The molecule has 0 spiro atoms. The van der Waals surface area contributed by atoms with E-state index in [-0.39, 0.29) is 35.6 Å². The van der Waals surface area contributed by atoms with Gasteiger partial charge < -0.3 is 24.0 Å². The number of fused-ring (bicyclic) bond motifs is 6. The first-order valence-corrected chi connectivity index (χ1v) is 12.3. The maximum Gasteiger partial charge on any atom is 0.251 e. The second kappa shape index (κ2) is 8.86.